The predicted octanol–water partition coefficient (Wildman–Crippen LogP) is 2.07. The van der Waals surface area contributed by atoms with Gasteiger partial charge in [0.15, 0.2) is 0 Å². The van der Waals surface area contributed by atoms with Crippen LogP contribution in [0, 0.1) is 5.41 Å². The zero-order valence-electron chi connectivity index (χ0n) is 9.78. The number of likely N-dealkylation sites (tertiary alicyclic amines) is 1. The molecule has 1 aliphatic carbocycles. The fourth-order valence-electron chi connectivity index (χ4n) is 2.36. The fourth-order valence-corrected chi connectivity index (χ4v) is 3.71. The molecule has 2 rings (SSSR count). The van der Waals surface area contributed by atoms with Gasteiger partial charge in [0.2, 0.25) is 0 Å². The van der Waals surface area contributed by atoms with Crippen molar-refractivity contribution in [3.05, 3.63) is 0 Å². The van der Waals surface area contributed by atoms with Gasteiger partial charge in [-0.25, -0.2) is 0 Å². The number of hydrogen-bond acceptors (Lipinski definition) is 3. The molecule has 1 aliphatic heterocycles. The summed E-state index contributed by atoms with van der Waals surface area (Å²) < 4.78 is 0. The number of hydrogen-bond donors (Lipinski definition) is 1. The quantitative estimate of drug-likeness (QED) is 0.695. The first-order valence-electron chi connectivity index (χ1n) is 6.22. The van der Waals surface area contributed by atoms with Crippen LogP contribution in [0.15, 0.2) is 0 Å². The molecule has 1 saturated carbocycles. The van der Waals surface area contributed by atoms with Crippen molar-refractivity contribution in [1.82, 2.24) is 4.90 Å². The third-order valence-electron chi connectivity index (χ3n) is 3.64. The van der Waals surface area contributed by atoms with E-state index in [4.69, 9.17) is 5.11 Å². The van der Waals surface area contributed by atoms with Crippen LogP contribution in [0.3, 0.4) is 0 Å². The molecule has 0 aromatic heterocycles. The fraction of sp³-hybridized carbons (Fsp3) is 0.917. The van der Waals surface area contributed by atoms with Gasteiger partial charge in [0.05, 0.1) is 6.42 Å². The second kappa shape index (κ2) is 5.41. The van der Waals surface area contributed by atoms with Crippen molar-refractivity contribution < 1.29 is 9.90 Å². The minimum Gasteiger partial charge on any atom is -0.481 e. The summed E-state index contributed by atoms with van der Waals surface area (Å²) in [5.41, 5.74) is 0.168. The molecule has 1 N–H and O–H groups in total. The van der Waals surface area contributed by atoms with Crippen molar-refractivity contribution in [1.29, 1.82) is 0 Å². The van der Waals surface area contributed by atoms with Crippen LogP contribution in [0.1, 0.15) is 32.1 Å². The van der Waals surface area contributed by atoms with Crippen molar-refractivity contribution in [2.45, 2.75) is 32.1 Å². The molecule has 92 valence electrons. The summed E-state index contributed by atoms with van der Waals surface area (Å²) in [6.45, 7) is 3.72. The van der Waals surface area contributed by atoms with Gasteiger partial charge in [-0.1, -0.05) is 0 Å². The largest absolute Gasteiger partial charge is 0.481 e. The van der Waals surface area contributed by atoms with Gasteiger partial charge in [-0.3, -0.25) is 4.79 Å². The molecule has 4 heteroatoms. The van der Waals surface area contributed by atoms with Gasteiger partial charge in [0.1, 0.15) is 0 Å². The standard InChI is InChI=1S/C12H21NO2S/c14-11(15)9-12(3-4-12)10-16-8-7-13-5-1-2-6-13/h1-10H2,(H,14,15). The Labute approximate surface area is 102 Å². The average Bonchev–Trinajstić information content (AvgIpc) is 2.79. The molecule has 0 bridgehead atoms. The first-order chi connectivity index (χ1) is 7.70. The Morgan fingerprint density at radius 2 is 2.00 bits per heavy atom. The van der Waals surface area contributed by atoms with Crippen molar-refractivity contribution in [3.8, 4) is 0 Å². The number of carboxylic acids is 1. The van der Waals surface area contributed by atoms with E-state index in [-0.39, 0.29) is 5.41 Å². The number of nitrogens with zero attached hydrogens (tertiary/aromatic N) is 1. The number of rotatable bonds is 7. The summed E-state index contributed by atoms with van der Waals surface area (Å²) in [7, 11) is 0. The van der Waals surface area contributed by atoms with Crippen molar-refractivity contribution in [3.63, 3.8) is 0 Å². The van der Waals surface area contributed by atoms with E-state index in [2.05, 4.69) is 4.90 Å². The Morgan fingerprint density at radius 1 is 1.31 bits per heavy atom. The van der Waals surface area contributed by atoms with Crippen LogP contribution in [-0.2, 0) is 4.79 Å². The lowest BCUT2D eigenvalue weighted by Gasteiger charge is -2.16. The maximum atomic E-state index is 10.7. The molecular formula is C12H21NO2S. The SMILES string of the molecule is O=C(O)CC1(CSCCN2CCCC2)CC1. The van der Waals surface area contributed by atoms with Crippen molar-refractivity contribution >= 4 is 17.7 Å². The lowest BCUT2D eigenvalue weighted by molar-refractivity contribution is -0.138. The van der Waals surface area contributed by atoms with E-state index in [1.807, 2.05) is 11.8 Å². The van der Waals surface area contributed by atoms with Crippen LogP contribution in [0.5, 0.6) is 0 Å². The zero-order chi connectivity index (χ0) is 11.4. The minimum absolute atomic E-state index is 0.168. The van der Waals surface area contributed by atoms with Crippen molar-refractivity contribution in [2.24, 2.45) is 5.41 Å². The van der Waals surface area contributed by atoms with E-state index >= 15 is 0 Å². The van der Waals surface area contributed by atoms with Crippen LogP contribution in [0.4, 0.5) is 0 Å². The van der Waals surface area contributed by atoms with E-state index in [9.17, 15) is 4.79 Å². The molecule has 0 amide bonds. The van der Waals surface area contributed by atoms with Gasteiger partial charge in [0, 0.05) is 12.3 Å². The summed E-state index contributed by atoms with van der Waals surface area (Å²) in [6.07, 6.45) is 5.33. The number of carbonyl (C=O) groups is 1. The minimum atomic E-state index is -0.627. The Hall–Kier alpha value is -0.220. The molecule has 1 saturated heterocycles. The van der Waals surface area contributed by atoms with Crippen LogP contribution < -0.4 is 0 Å². The molecule has 0 atom stereocenters. The van der Waals surface area contributed by atoms with Crippen LogP contribution in [-0.4, -0.2) is 47.1 Å². The van der Waals surface area contributed by atoms with Gasteiger partial charge in [-0.15, -0.1) is 0 Å². The summed E-state index contributed by atoms with van der Waals surface area (Å²) >= 11 is 1.95. The third kappa shape index (κ3) is 3.67. The molecule has 0 aromatic rings. The molecule has 1 heterocycles. The predicted molar refractivity (Wildman–Crippen MR) is 66.9 cm³/mol. The lowest BCUT2D eigenvalue weighted by Crippen LogP contribution is -2.22. The Kier molecular flexibility index (Phi) is 4.14. The maximum absolute atomic E-state index is 10.7. The lowest BCUT2D eigenvalue weighted by atomic mass is 10.1. The second-order valence-electron chi connectivity index (χ2n) is 5.17. The smallest absolute Gasteiger partial charge is 0.303 e. The van der Waals surface area contributed by atoms with E-state index < -0.39 is 5.97 Å². The molecule has 0 radical (unpaired) electrons. The zero-order valence-corrected chi connectivity index (χ0v) is 10.6. The van der Waals surface area contributed by atoms with Gasteiger partial charge in [-0.2, -0.15) is 11.8 Å². The van der Waals surface area contributed by atoms with Gasteiger partial charge in [-0.05, 0) is 49.9 Å². The topological polar surface area (TPSA) is 40.5 Å². The molecule has 0 spiro atoms. The van der Waals surface area contributed by atoms with Crippen molar-refractivity contribution in [2.75, 3.05) is 31.1 Å². The molecule has 2 aliphatic rings. The monoisotopic (exact) mass is 243 g/mol. The van der Waals surface area contributed by atoms with Crippen LogP contribution >= 0.6 is 11.8 Å². The van der Waals surface area contributed by atoms with Gasteiger partial charge >= 0.3 is 5.97 Å². The molecule has 0 unspecified atom stereocenters. The Bertz CT molecular complexity index is 247. The third-order valence-corrected chi connectivity index (χ3v) is 4.93. The second-order valence-corrected chi connectivity index (χ2v) is 6.28. The van der Waals surface area contributed by atoms with Gasteiger partial charge in [0.25, 0.3) is 0 Å². The van der Waals surface area contributed by atoms with E-state index in [1.165, 1.54) is 38.2 Å². The highest BCUT2D eigenvalue weighted by Gasteiger charge is 2.43. The maximum Gasteiger partial charge on any atom is 0.303 e. The molecule has 2 fully saturated rings. The Balaban J connectivity index is 1.55. The summed E-state index contributed by atoms with van der Waals surface area (Å²) in [5, 5.41) is 8.80. The van der Waals surface area contributed by atoms with E-state index in [0.717, 1.165) is 18.6 Å². The molecule has 16 heavy (non-hydrogen) atoms. The molecule has 3 nitrogen and oxygen atoms in total. The highest BCUT2D eigenvalue weighted by molar-refractivity contribution is 7.99. The molecule has 0 aromatic carbocycles. The van der Waals surface area contributed by atoms with E-state index in [0.29, 0.717) is 6.42 Å². The summed E-state index contributed by atoms with van der Waals surface area (Å²) in [5.74, 6) is 1.59. The van der Waals surface area contributed by atoms with E-state index in [1.54, 1.807) is 0 Å². The Morgan fingerprint density at radius 3 is 2.56 bits per heavy atom. The highest BCUT2D eigenvalue weighted by atomic mass is 32.2. The highest BCUT2D eigenvalue weighted by Crippen LogP contribution is 2.50. The van der Waals surface area contributed by atoms with Gasteiger partial charge < -0.3 is 10.0 Å². The number of aliphatic carboxylic acids is 1. The first kappa shape index (κ1) is 12.2. The average molecular weight is 243 g/mol. The summed E-state index contributed by atoms with van der Waals surface area (Å²) in [4.78, 5) is 13.2. The molecular weight excluding hydrogens is 222 g/mol. The normalized spacial score (nSPS) is 23.5. The first-order valence-corrected chi connectivity index (χ1v) is 7.38. The number of carboxylic acid groups (broad SMARTS) is 1. The number of thioether (sulfide) groups is 1. The van der Waals surface area contributed by atoms with Crippen LogP contribution in [0.2, 0.25) is 0 Å². The summed E-state index contributed by atoms with van der Waals surface area (Å²) in [6, 6.07) is 0. The van der Waals surface area contributed by atoms with Crippen LogP contribution in [0.25, 0.3) is 0 Å².